The zero-order chi connectivity index (χ0) is 13.0. The average Bonchev–Trinajstić information content (AvgIpc) is 2.85. The number of thioether (sulfide) groups is 1. The molecule has 0 unspecified atom stereocenters. The summed E-state index contributed by atoms with van der Waals surface area (Å²) in [5.74, 6) is 1.36. The smallest absolute Gasteiger partial charge is 0.243 e. The first kappa shape index (κ1) is 13.0. The molecule has 2 rings (SSSR count). The van der Waals surface area contributed by atoms with Crippen LogP contribution in [0.4, 0.5) is 4.39 Å². The summed E-state index contributed by atoms with van der Waals surface area (Å²) >= 11 is 1.71. The lowest BCUT2D eigenvalue weighted by molar-refractivity contribution is 0.353. The first-order chi connectivity index (χ1) is 8.70. The molecule has 0 fully saturated rings. The molecule has 0 aliphatic heterocycles. The molecule has 2 N–H and O–H groups in total. The largest absolute Gasteiger partial charge is 0.337 e. The van der Waals surface area contributed by atoms with E-state index in [9.17, 15) is 4.39 Å². The predicted molar refractivity (Wildman–Crippen MR) is 69.6 cm³/mol. The van der Waals surface area contributed by atoms with Gasteiger partial charge in [-0.1, -0.05) is 17.3 Å². The standard InChI is InChI=1S/C12H14FN3OS/c1-18-6-5-10(14)12-15-11(16-17-12)8-3-2-4-9(13)7-8/h2-4,7,10H,5-6,14H2,1H3/t10-/m0/s1. The SMILES string of the molecule is CSCC[C@H](N)c1nc(-c2cccc(F)c2)no1. The lowest BCUT2D eigenvalue weighted by atomic mass is 10.2. The van der Waals surface area contributed by atoms with E-state index in [1.54, 1.807) is 23.9 Å². The van der Waals surface area contributed by atoms with E-state index in [-0.39, 0.29) is 11.9 Å². The Balaban J connectivity index is 2.15. The molecule has 1 aromatic heterocycles. The molecule has 18 heavy (non-hydrogen) atoms. The molecule has 0 aliphatic carbocycles. The summed E-state index contributed by atoms with van der Waals surface area (Å²) in [6, 6.07) is 5.79. The van der Waals surface area contributed by atoms with Gasteiger partial charge < -0.3 is 10.3 Å². The molecular formula is C12H14FN3OS. The van der Waals surface area contributed by atoms with Crippen molar-refractivity contribution in [3.63, 3.8) is 0 Å². The van der Waals surface area contributed by atoms with Crippen LogP contribution in [0.2, 0.25) is 0 Å². The quantitative estimate of drug-likeness (QED) is 0.902. The van der Waals surface area contributed by atoms with Gasteiger partial charge in [-0.2, -0.15) is 16.7 Å². The van der Waals surface area contributed by atoms with Crippen molar-refractivity contribution in [2.45, 2.75) is 12.5 Å². The van der Waals surface area contributed by atoms with Crippen molar-refractivity contribution in [2.24, 2.45) is 5.73 Å². The number of benzene rings is 1. The molecule has 0 saturated carbocycles. The fourth-order valence-electron chi connectivity index (χ4n) is 1.50. The van der Waals surface area contributed by atoms with Gasteiger partial charge in [-0.15, -0.1) is 0 Å². The van der Waals surface area contributed by atoms with Gasteiger partial charge in [0.15, 0.2) is 0 Å². The van der Waals surface area contributed by atoms with E-state index in [0.717, 1.165) is 12.2 Å². The molecule has 6 heteroatoms. The van der Waals surface area contributed by atoms with Crippen LogP contribution in [-0.4, -0.2) is 22.1 Å². The van der Waals surface area contributed by atoms with Gasteiger partial charge in [-0.3, -0.25) is 0 Å². The maximum atomic E-state index is 13.1. The average molecular weight is 267 g/mol. The molecule has 0 aliphatic rings. The fraction of sp³-hybridized carbons (Fsp3) is 0.333. The molecule has 0 spiro atoms. The van der Waals surface area contributed by atoms with Gasteiger partial charge in [-0.25, -0.2) is 4.39 Å². The van der Waals surface area contributed by atoms with Gasteiger partial charge in [-0.05, 0) is 30.6 Å². The minimum Gasteiger partial charge on any atom is -0.337 e. The number of aromatic nitrogens is 2. The normalized spacial score (nSPS) is 12.6. The molecule has 0 bridgehead atoms. The van der Waals surface area contributed by atoms with Crippen molar-refractivity contribution in [1.82, 2.24) is 10.1 Å². The highest BCUT2D eigenvalue weighted by Gasteiger charge is 2.15. The third-order valence-electron chi connectivity index (χ3n) is 2.47. The van der Waals surface area contributed by atoms with E-state index in [2.05, 4.69) is 10.1 Å². The van der Waals surface area contributed by atoms with Crippen molar-refractivity contribution in [1.29, 1.82) is 0 Å². The molecule has 0 amide bonds. The van der Waals surface area contributed by atoms with Crippen LogP contribution >= 0.6 is 11.8 Å². The van der Waals surface area contributed by atoms with E-state index in [0.29, 0.717) is 17.3 Å². The van der Waals surface area contributed by atoms with Crippen molar-refractivity contribution in [2.75, 3.05) is 12.0 Å². The summed E-state index contributed by atoms with van der Waals surface area (Å²) in [6.07, 6.45) is 2.78. The van der Waals surface area contributed by atoms with E-state index in [1.807, 2.05) is 6.26 Å². The monoisotopic (exact) mass is 267 g/mol. The van der Waals surface area contributed by atoms with Crippen LogP contribution in [0.15, 0.2) is 28.8 Å². The van der Waals surface area contributed by atoms with Crippen LogP contribution < -0.4 is 5.73 Å². The van der Waals surface area contributed by atoms with E-state index in [1.165, 1.54) is 12.1 Å². The lowest BCUT2D eigenvalue weighted by Gasteiger charge is -2.03. The van der Waals surface area contributed by atoms with Crippen LogP contribution in [0.1, 0.15) is 18.4 Å². The molecule has 1 aromatic carbocycles. The Labute approximate surface area is 109 Å². The van der Waals surface area contributed by atoms with Gasteiger partial charge >= 0.3 is 0 Å². The van der Waals surface area contributed by atoms with E-state index in [4.69, 9.17) is 10.3 Å². The third-order valence-corrected chi connectivity index (χ3v) is 3.12. The maximum absolute atomic E-state index is 13.1. The van der Waals surface area contributed by atoms with Crippen LogP contribution in [-0.2, 0) is 0 Å². The fourth-order valence-corrected chi connectivity index (χ4v) is 1.99. The number of hydrogen-bond donors (Lipinski definition) is 1. The number of nitrogens with zero attached hydrogens (tertiary/aromatic N) is 2. The second-order valence-corrected chi connectivity index (χ2v) is 4.84. The first-order valence-corrected chi connectivity index (χ1v) is 6.94. The molecule has 4 nitrogen and oxygen atoms in total. The van der Waals surface area contributed by atoms with Gasteiger partial charge in [0.1, 0.15) is 5.82 Å². The topological polar surface area (TPSA) is 64.9 Å². The summed E-state index contributed by atoms with van der Waals surface area (Å²) in [4.78, 5) is 4.20. The highest BCUT2D eigenvalue weighted by molar-refractivity contribution is 7.98. The van der Waals surface area contributed by atoms with Crippen molar-refractivity contribution in [3.8, 4) is 11.4 Å². The zero-order valence-corrected chi connectivity index (χ0v) is 10.8. The molecule has 0 radical (unpaired) electrons. The molecule has 1 heterocycles. The maximum Gasteiger partial charge on any atom is 0.243 e. The summed E-state index contributed by atoms with van der Waals surface area (Å²) in [5, 5.41) is 3.82. The van der Waals surface area contributed by atoms with Crippen LogP contribution in [0, 0.1) is 5.82 Å². The zero-order valence-electron chi connectivity index (χ0n) is 9.97. The van der Waals surface area contributed by atoms with Gasteiger partial charge in [0.2, 0.25) is 11.7 Å². The van der Waals surface area contributed by atoms with Gasteiger partial charge in [0, 0.05) is 5.56 Å². The number of nitrogens with two attached hydrogens (primary N) is 1. The molecule has 1 atom stereocenters. The van der Waals surface area contributed by atoms with Crippen molar-refractivity contribution in [3.05, 3.63) is 36.0 Å². The Morgan fingerprint density at radius 2 is 2.33 bits per heavy atom. The minimum absolute atomic E-state index is 0.271. The third kappa shape index (κ3) is 3.08. The van der Waals surface area contributed by atoms with Crippen molar-refractivity contribution < 1.29 is 8.91 Å². The molecule has 96 valence electrons. The van der Waals surface area contributed by atoms with E-state index >= 15 is 0 Å². The predicted octanol–water partition coefficient (Wildman–Crippen LogP) is 2.63. The second kappa shape index (κ2) is 5.97. The number of rotatable bonds is 5. The van der Waals surface area contributed by atoms with Crippen LogP contribution in [0.3, 0.4) is 0 Å². The van der Waals surface area contributed by atoms with Gasteiger partial charge in [0.05, 0.1) is 6.04 Å². The molecule has 2 aromatic rings. The minimum atomic E-state index is -0.328. The Kier molecular flexibility index (Phi) is 4.33. The van der Waals surface area contributed by atoms with Crippen molar-refractivity contribution >= 4 is 11.8 Å². The second-order valence-electron chi connectivity index (χ2n) is 3.85. The lowest BCUT2D eigenvalue weighted by Crippen LogP contribution is -2.11. The van der Waals surface area contributed by atoms with E-state index < -0.39 is 0 Å². The highest BCUT2D eigenvalue weighted by atomic mass is 32.2. The first-order valence-electron chi connectivity index (χ1n) is 5.55. The summed E-state index contributed by atoms with van der Waals surface area (Å²) < 4.78 is 18.2. The number of halogens is 1. The highest BCUT2D eigenvalue weighted by Crippen LogP contribution is 2.20. The van der Waals surface area contributed by atoms with Crippen LogP contribution in [0.5, 0.6) is 0 Å². The summed E-state index contributed by atoms with van der Waals surface area (Å²) in [7, 11) is 0. The Hall–Kier alpha value is -1.40. The summed E-state index contributed by atoms with van der Waals surface area (Å²) in [6.45, 7) is 0. The van der Waals surface area contributed by atoms with Crippen LogP contribution in [0.25, 0.3) is 11.4 Å². The Bertz CT molecular complexity index is 518. The Morgan fingerprint density at radius 3 is 3.06 bits per heavy atom. The molecular weight excluding hydrogens is 253 g/mol. The molecule has 0 saturated heterocycles. The van der Waals surface area contributed by atoms with Gasteiger partial charge in [0.25, 0.3) is 0 Å². The summed E-state index contributed by atoms with van der Waals surface area (Å²) in [5.41, 5.74) is 6.50. The Morgan fingerprint density at radius 1 is 1.50 bits per heavy atom. The number of hydrogen-bond acceptors (Lipinski definition) is 5.